The Hall–Kier alpha value is -2.33. The highest BCUT2D eigenvalue weighted by Gasteiger charge is 2.49. The Labute approximate surface area is 197 Å². The van der Waals surface area contributed by atoms with E-state index < -0.39 is 12.1 Å². The second kappa shape index (κ2) is 10.9. The number of piperidine rings is 1. The molecule has 1 N–H and O–H groups in total. The number of amides is 1. The van der Waals surface area contributed by atoms with Crippen molar-refractivity contribution in [2.75, 3.05) is 33.3 Å². The van der Waals surface area contributed by atoms with Crippen LogP contribution in [0.25, 0.3) is 0 Å². The third kappa shape index (κ3) is 6.41. The van der Waals surface area contributed by atoms with Gasteiger partial charge in [-0.2, -0.15) is 13.2 Å². The van der Waals surface area contributed by atoms with Gasteiger partial charge in [0.2, 0.25) is 0 Å². The lowest BCUT2D eigenvalue weighted by Crippen LogP contribution is -2.51. The van der Waals surface area contributed by atoms with Crippen molar-refractivity contribution in [3.8, 4) is 5.75 Å². The Kier molecular flexibility index (Phi) is 8.46. The van der Waals surface area contributed by atoms with E-state index in [4.69, 9.17) is 19.4 Å². The summed E-state index contributed by atoms with van der Waals surface area (Å²) < 4.78 is 43.5. The fourth-order valence-corrected chi connectivity index (χ4v) is 5.01. The van der Waals surface area contributed by atoms with Crippen molar-refractivity contribution in [3.05, 3.63) is 29.8 Å². The normalized spacial score (nSPS) is 27.4. The fraction of sp³-hybridized carbons (Fsp3) is 0.667. The second-order valence-corrected chi connectivity index (χ2v) is 9.28. The van der Waals surface area contributed by atoms with Gasteiger partial charge in [0.1, 0.15) is 11.9 Å². The number of hydrogen-bond acceptors (Lipinski definition) is 5. The summed E-state index contributed by atoms with van der Waals surface area (Å²) in [5.41, 5.74) is 1.21. The van der Waals surface area contributed by atoms with Crippen molar-refractivity contribution < 1.29 is 37.3 Å². The third-order valence-corrected chi connectivity index (χ3v) is 6.99. The van der Waals surface area contributed by atoms with Gasteiger partial charge < -0.3 is 19.5 Å². The first-order valence-electron chi connectivity index (χ1n) is 11.7. The average Bonchev–Trinajstić information content (AvgIpc) is 3.48. The van der Waals surface area contributed by atoms with Crippen LogP contribution >= 0.6 is 0 Å². The van der Waals surface area contributed by atoms with Crippen molar-refractivity contribution in [1.82, 2.24) is 9.80 Å². The highest BCUT2D eigenvalue weighted by atomic mass is 19.4. The predicted molar refractivity (Wildman–Crippen MR) is 118 cm³/mol. The zero-order valence-electron chi connectivity index (χ0n) is 19.6. The van der Waals surface area contributed by atoms with Crippen LogP contribution in [-0.4, -0.2) is 78.0 Å². The van der Waals surface area contributed by atoms with Crippen LogP contribution in [0.5, 0.6) is 5.75 Å². The van der Waals surface area contributed by atoms with Crippen LogP contribution in [-0.2, 0) is 20.9 Å². The van der Waals surface area contributed by atoms with Crippen molar-refractivity contribution >= 4 is 11.9 Å². The molecule has 0 aromatic heterocycles. The van der Waals surface area contributed by atoms with E-state index in [0.717, 1.165) is 70.6 Å². The highest BCUT2D eigenvalue weighted by Crippen LogP contribution is 2.43. The molecule has 3 atom stereocenters. The first kappa shape index (κ1) is 26.3. The van der Waals surface area contributed by atoms with Gasteiger partial charge in [-0.3, -0.25) is 9.69 Å². The first-order valence-corrected chi connectivity index (χ1v) is 11.7. The summed E-state index contributed by atoms with van der Waals surface area (Å²) >= 11 is 0. The number of halogens is 3. The molecular formula is C24H33F3N2O5. The molecule has 3 heterocycles. The number of benzene rings is 1. The molecule has 3 fully saturated rings. The van der Waals surface area contributed by atoms with Gasteiger partial charge in [-0.25, -0.2) is 4.79 Å². The summed E-state index contributed by atoms with van der Waals surface area (Å²) in [6.45, 7) is 7.13. The molecule has 3 aliphatic heterocycles. The molecule has 10 heteroatoms. The largest absolute Gasteiger partial charge is 0.497 e. The van der Waals surface area contributed by atoms with Gasteiger partial charge in [0.25, 0.3) is 5.91 Å². The van der Waals surface area contributed by atoms with Gasteiger partial charge in [-0.1, -0.05) is 19.1 Å². The molecule has 1 aromatic carbocycles. The summed E-state index contributed by atoms with van der Waals surface area (Å²) in [5, 5.41) is 7.12. The Morgan fingerprint density at radius 3 is 2.29 bits per heavy atom. The molecule has 0 aliphatic carbocycles. The minimum absolute atomic E-state index is 0.101. The predicted octanol–water partition coefficient (Wildman–Crippen LogP) is 3.71. The van der Waals surface area contributed by atoms with E-state index in [9.17, 15) is 18.0 Å². The summed E-state index contributed by atoms with van der Waals surface area (Å²) in [6.07, 6.45) is -0.0829. The van der Waals surface area contributed by atoms with E-state index in [0.29, 0.717) is 5.92 Å². The smallest absolute Gasteiger partial charge is 0.490 e. The van der Waals surface area contributed by atoms with Gasteiger partial charge in [0.05, 0.1) is 12.7 Å². The number of nitrogens with zero attached hydrogens (tertiary/aromatic N) is 2. The lowest BCUT2D eigenvalue weighted by atomic mass is 9.80. The van der Waals surface area contributed by atoms with Crippen LogP contribution < -0.4 is 4.74 Å². The maximum absolute atomic E-state index is 12.7. The standard InChI is InChI=1S/C22H32N2O3.C2HF3O2/c1-17-15-23(16-18-5-7-19(26-2)8-6-18)14-11-22(17)10-9-20(27-22)21(25)24-12-3-4-13-24;3-2(4,5)1(6)7/h5-8,17,20H,3-4,9-16H2,1-2H3;(H,6,7)/t17-,20?,22+;/m0./s1. The molecule has 1 aromatic rings. The fourth-order valence-electron chi connectivity index (χ4n) is 5.01. The Morgan fingerprint density at radius 1 is 1.15 bits per heavy atom. The molecule has 0 saturated carbocycles. The molecule has 0 bridgehead atoms. The van der Waals surface area contributed by atoms with Gasteiger partial charge in [-0.15, -0.1) is 0 Å². The molecule has 0 radical (unpaired) electrons. The molecule has 3 saturated heterocycles. The van der Waals surface area contributed by atoms with Crippen LogP contribution in [0.3, 0.4) is 0 Å². The lowest BCUT2D eigenvalue weighted by Gasteiger charge is -2.44. The van der Waals surface area contributed by atoms with Crippen molar-refractivity contribution in [2.24, 2.45) is 5.92 Å². The number of aliphatic carboxylic acids is 1. The molecule has 1 unspecified atom stereocenters. The minimum atomic E-state index is -5.08. The van der Waals surface area contributed by atoms with Crippen molar-refractivity contribution in [3.63, 3.8) is 0 Å². The first-order chi connectivity index (χ1) is 16.0. The highest BCUT2D eigenvalue weighted by molar-refractivity contribution is 5.81. The van der Waals surface area contributed by atoms with Crippen LogP contribution in [0.2, 0.25) is 0 Å². The van der Waals surface area contributed by atoms with E-state index in [-0.39, 0.29) is 17.6 Å². The minimum Gasteiger partial charge on any atom is -0.497 e. The Bertz CT molecular complexity index is 842. The van der Waals surface area contributed by atoms with Crippen LogP contribution in [0.1, 0.15) is 44.6 Å². The van der Waals surface area contributed by atoms with E-state index in [1.807, 2.05) is 17.0 Å². The Morgan fingerprint density at radius 2 is 1.76 bits per heavy atom. The molecule has 7 nitrogen and oxygen atoms in total. The van der Waals surface area contributed by atoms with Gasteiger partial charge in [0.15, 0.2) is 0 Å². The van der Waals surface area contributed by atoms with Crippen LogP contribution in [0.4, 0.5) is 13.2 Å². The van der Waals surface area contributed by atoms with Crippen molar-refractivity contribution in [1.29, 1.82) is 0 Å². The van der Waals surface area contributed by atoms with Crippen LogP contribution in [0, 0.1) is 5.92 Å². The van der Waals surface area contributed by atoms with E-state index in [1.165, 1.54) is 5.56 Å². The second-order valence-electron chi connectivity index (χ2n) is 9.28. The number of hydrogen-bond donors (Lipinski definition) is 1. The zero-order valence-corrected chi connectivity index (χ0v) is 19.6. The van der Waals surface area contributed by atoms with Gasteiger partial charge in [0, 0.05) is 32.7 Å². The molecule has 190 valence electrons. The maximum Gasteiger partial charge on any atom is 0.490 e. The monoisotopic (exact) mass is 486 g/mol. The number of ether oxygens (including phenoxy) is 2. The third-order valence-electron chi connectivity index (χ3n) is 6.99. The number of carbonyl (C=O) groups is 2. The summed E-state index contributed by atoms with van der Waals surface area (Å²) in [6, 6.07) is 8.34. The van der Waals surface area contributed by atoms with Gasteiger partial charge >= 0.3 is 12.1 Å². The number of carboxylic acid groups (broad SMARTS) is 1. The molecule has 3 aliphatic rings. The van der Waals surface area contributed by atoms with Gasteiger partial charge in [-0.05, 0) is 55.7 Å². The number of methoxy groups -OCH3 is 1. The lowest BCUT2D eigenvalue weighted by molar-refractivity contribution is -0.192. The molecule has 4 rings (SSSR count). The van der Waals surface area contributed by atoms with Crippen LogP contribution in [0.15, 0.2) is 24.3 Å². The average molecular weight is 487 g/mol. The summed E-state index contributed by atoms with van der Waals surface area (Å²) in [7, 11) is 1.70. The molecule has 1 spiro atoms. The molecular weight excluding hydrogens is 453 g/mol. The molecule has 34 heavy (non-hydrogen) atoms. The number of carbonyl (C=O) groups excluding carboxylic acids is 1. The number of alkyl halides is 3. The van der Waals surface area contributed by atoms with Crippen molar-refractivity contribution in [2.45, 2.75) is 63.5 Å². The number of likely N-dealkylation sites (tertiary alicyclic amines) is 2. The van der Waals surface area contributed by atoms with E-state index in [1.54, 1.807) is 7.11 Å². The number of carboxylic acids is 1. The number of rotatable bonds is 4. The van der Waals surface area contributed by atoms with E-state index >= 15 is 0 Å². The summed E-state index contributed by atoms with van der Waals surface area (Å²) in [4.78, 5) is 26.1. The summed E-state index contributed by atoms with van der Waals surface area (Å²) in [5.74, 6) is -1.18. The zero-order chi connectivity index (χ0) is 24.9. The maximum atomic E-state index is 12.7. The quantitative estimate of drug-likeness (QED) is 0.699. The molecule has 1 amide bonds. The van der Waals surface area contributed by atoms with E-state index in [2.05, 4.69) is 24.0 Å². The Balaban J connectivity index is 0.000000406. The topological polar surface area (TPSA) is 79.3 Å². The SMILES string of the molecule is COc1ccc(CN2CC[C@]3(CCC(C(=O)N4CCCC4)O3)[C@@H](C)C2)cc1.O=C(O)C(F)(F)F.